The van der Waals surface area contributed by atoms with Gasteiger partial charge in [-0.15, -0.1) is 5.10 Å². The van der Waals surface area contributed by atoms with Gasteiger partial charge >= 0.3 is 0 Å². The summed E-state index contributed by atoms with van der Waals surface area (Å²) in [6, 6.07) is 3.83. The number of nitrogens with zero attached hydrogens (tertiary/aromatic N) is 4. The van der Waals surface area contributed by atoms with Crippen LogP contribution in [-0.2, 0) is 11.2 Å². The lowest BCUT2D eigenvalue weighted by molar-refractivity contribution is -0.131. The van der Waals surface area contributed by atoms with Crippen LogP contribution in [0.15, 0.2) is 30.6 Å². The highest BCUT2D eigenvalue weighted by molar-refractivity contribution is 5.78. The molecule has 0 bridgehead atoms. The van der Waals surface area contributed by atoms with Crippen molar-refractivity contribution in [2.75, 3.05) is 13.1 Å². The van der Waals surface area contributed by atoms with Gasteiger partial charge in [0.15, 0.2) is 11.6 Å². The van der Waals surface area contributed by atoms with Gasteiger partial charge in [-0.1, -0.05) is 11.3 Å². The molecule has 3 rings (SSSR count). The number of likely N-dealkylation sites (tertiary alicyclic amines) is 1. The van der Waals surface area contributed by atoms with Gasteiger partial charge in [0.05, 0.1) is 18.7 Å². The molecular weight excluding hydrogens is 290 g/mol. The molecule has 5 nitrogen and oxygen atoms in total. The maximum atomic E-state index is 13.2. The molecule has 0 aliphatic carbocycles. The maximum absolute atomic E-state index is 13.2. The van der Waals surface area contributed by atoms with Gasteiger partial charge in [0.1, 0.15) is 0 Å². The van der Waals surface area contributed by atoms with Crippen LogP contribution in [0.5, 0.6) is 0 Å². The fraction of sp³-hybridized carbons (Fsp3) is 0.400. The topological polar surface area (TPSA) is 51.0 Å². The summed E-state index contributed by atoms with van der Waals surface area (Å²) in [5.41, 5.74) is 0.488. The minimum absolute atomic E-state index is 0.0666. The van der Waals surface area contributed by atoms with E-state index < -0.39 is 11.6 Å². The van der Waals surface area contributed by atoms with Gasteiger partial charge in [-0.05, 0) is 30.5 Å². The molecule has 116 valence electrons. The van der Waals surface area contributed by atoms with Gasteiger partial charge in [0.25, 0.3) is 0 Å². The number of amides is 1. The van der Waals surface area contributed by atoms with Crippen LogP contribution in [0.25, 0.3) is 0 Å². The normalized spacial score (nSPS) is 16.0. The molecule has 2 heterocycles. The van der Waals surface area contributed by atoms with Crippen molar-refractivity contribution in [3.8, 4) is 0 Å². The van der Waals surface area contributed by atoms with Crippen molar-refractivity contribution in [1.82, 2.24) is 19.9 Å². The van der Waals surface area contributed by atoms with E-state index in [2.05, 4.69) is 10.3 Å². The van der Waals surface area contributed by atoms with Gasteiger partial charge in [-0.2, -0.15) is 0 Å². The highest BCUT2D eigenvalue weighted by Crippen LogP contribution is 2.22. The smallest absolute Gasteiger partial charge is 0.226 e. The number of hydrogen-bond donors (Lipinski definition) is 0. The molecule has 1 amide bonds. The van der Waals surface area contributed by atoms with Crippen LogP contribution in [0.4, 0.5) is 8.78 Å². The number of benzene rings is 1. The van der Waals surface area contributed by atoms with Gasteiger partial charge in [0.2, 0.25) is 5.91 Å². The minimum Gasteiger partial charge on any atom is -0.342 e. The number of piperidine rings is 1. The maximum Gasteiger partial charge on any atom is 0.226 e. The summed E-state index contributed by atoms with van der Waals surface area (Å²) in [4.78, 5) is 14.0. The largest absolute Gasteiger partial charge is 0.342 e. The molecule has 0 spiro atoms. The van der Waals surface area contributed by atoms with Crippen molar-refractivity contribution in [2.45, 2.75) is 25.3 Å². The number of carbonyl (C=O) groups excluding carboxylic acids is 1. The molecule has 7 heteroatoms. The third-order valence-electron chi connectivity index (χ3n) is 3.97. The summed E-state index contributed by atoms with van der Waals surface area (Å²) in [5.74, 6) is -1.89. The van der Waals surface area contributed by atoms with Gasteiger partial charge in [-0.3, -0.25) is 4.79 Å². The SMILES string of the molecule is O=C(Cc1ccc(F)c(F)c1)N1CCC(n2ccnn2)CC1. The van der Waals surface area contributed by atoms with Crippen LogP contribution in [0.3, 0.4) is 0 Å². The second kappa shape index (κ2) is 6.21. The Balaban J connectivity index is 1.56. The Hall–Kier alpha value is -2.31. The quantitative estimate of drug-likeness (QED) is 0.871. The average Bonchev–Trinajstić information content (AvgIpc) is 3.05. The molecule has 1 aliphatic heterocycles. The molecule has 2 aromatic rings. The van der Waals surface area contributed by atoms with Crippen molar-refractivity contribution in [3.05, 3.63) is 47.8 Å². The average molecular weight is 306 g/mol. The molecule has 0 saturated carbocycles. The van der Waals surface area contributed by atoms with Crippen LogP contribution in [-0.4, -0.2) is 38.9 Å². The monoisotopic (exact) mass is 306 g/mol. The number of carbonyl (C=O) groups is 1. The summed E-state index contributed by atoms with van der Waals surface area (Å²) in [6.45, 7) is 1.26. The van der Waals surface area contributed by atoms with Gasteiger partial charge in [-0.25, -0.2) is 13.5 Å². The highest BCUT2D eigenvalue weighted by atomic mass is 19.2. The molecule has 1 fully saturated rings. The first-order valence-corrected chi connectivity index (χ1v) is 7.21. The third-order valence-corrected chi connectivity index (χ3v) is 3.97. The molecule has 1 saturated heterocycles. The fourth-order valence-corrected chi connectivity index (χ4v) is 2.73. The molecule has 0 N–H and O–H groups in total. The second-order valence-corrected chi connectivity index (χ2v) is 5.42. The first kappa shape index (κ1) is 14.6. The summed E-state index contributed by atoms with van der Waals surface area (Å²) in [5, 5.41) is 7.77. The molecule has 0 radical (unpaired) electrons. The van der Waals surface area contributed by atoms with E-state index >= 15 is 0 Å². The zero-order valence-electron chi connectivity index (χ0n) is 12.0. The lowest BCUT2D eigenvalue weighted by Gasteiger charge is -2.32. The third kappa shape index (κ3) is 3.13. The molecule has 22 heavy (non-hydrogen) atoms. The summed E-state index contributed by atoms with van der Waals surface area (Å²) in [7, 11) is 0. The van der Waals surface area contributed by atoms with Crippen molar-refractivity contribution in [3.63, 3.8) is 0 Å². The Bertz CT molecular complexity index is 652. The van der Waals surface area contributed by atoms with E-state index in [4.69, 9.17) is 0 Å². The lowest BCUT2D eigenvalue weighted by Crippen LogP contribution is -2.40. The van der Waals surface area contributed by atoms with E-state index in [1.54, 1.807) is 11.1 Å². The molecule has 1 aromatic carbocycles. The minimum atomic E-state index is -0.921. The van der Waals surface area contributed by atoms with E-state index in [9.17, 15) is 13.6 Å². The summed E-state index contributed by atoms with van der Waals surface area (Å²) < 4.78 is 27.9. The summed E-state index contributed by atoms with van der Waals surface area (Å²) >= 11 is 0. The van der Waals surface area contributed by atoms with Crippen LogP contribution in [0, 0.1) is 11.6 Å². The Morgan fingerprint density at radius 1 is 1.23 bits per heavy atom. The predicted octanol–water partition coefficient (Wildman–Crippen LogP) is 1.96. The molecule has 0 unspecified atom stereocenters. The van der Waals surface area contributed by atoms with E-state index in [1.165, 1.54) is 6.07 Å². The number of aromatic nitrogens is 3. The number of halogens is 2. The Kier molecular flexibility index (Phi) is 4.13. The van der Waals surface area contributed by atoms with Gasteiger partial charge in [0, 0.05) is 19.3 Å². The van der Waals surface area contributed by atoms with Crippen molar-refractivity contribution < 1.29 is 13.6 Å². The van der Waals surface area contributed by atoms with E-state index in [1.807, 2.05) is 10.9 Å². The zero-order valence-corrected chi connectivity index (χ0v) is 12.0. The van der Waals surface area contributed by atoms with E-state index in [0.717, 1.165) is 25.0 Å². The standard InChI is InChI=1S/C15H16F2N4O/c16-13-2-1-11(9-14(13)17)10-15(22)20-6-3-12(4-7-20)21-8-5-18-19-21/h1-2,5,8-9,12H,3-4,6-7,10H2. The van der Waals surface area contributed by atoms with Crippen LogP contribution in [0.2, 0.25) is 0 Å². The Morgan fingerprint density at radius 2 is 2.00 bits per heavy atom. The van der Waals surface area contributed by atoms with E-state index in [0.29, 0.717) is 18.7 Å². The van der Waals surface area contributed by atoms with Crippen LogP contribution >= 0.6 is 0 Å². The zero-order chi connectivity index (χ0) is 15.5. The van der Waals surface area contributed by atoms with E-state index in [-0.39, 0.29) is 18.4 Å². The fourth-order valence-electron chi connectivity index (χ4n) is 2.73. The molecule has 1 aliphatic rings. The number of rotatable bonds is 3. The molecular formula is C15H16F2N4O. The highest BCUT2D eigenvalue weighted by Gasteiger charge is 2.24. The Morgan fingerprint density at radius 3 is 2.64 bits per heavy atom. The first-order valence-electron chi connectivity index (χ1n) is 7.21. The van der Waals surface area contributed by atoms with Crippen molar-refractivity contribution in [2.24, 2.45) is 0 Å². The number of hydrogen-bond acceptors (Lipinski definition) is 3. The molecule has 1 aromatic heterocycles. The predicted molar refractivity (Wildman–Crippen MR) is 74.9 cm³/mol. The Labute approximate surface area is 126 Å². The van der Waals surface area contributed by atoms with Crippen LogP contribution < -0.4 is 0 Å². The second-order valence-electron chi connectivity index (χ2n) is 5.42. The van der Waals surface area contributed by atoms with Crippen molar-refractivity contribution in [1.29, 1.82) is 0 Å². The summed E-state index contributed by atoms with van der Waals surface area (Å²) in [6.07, 6.45) is 5.18. The molecule has 0 atom stereocenters. The first-order chi connectivity index (χ1) is 10.6. The lowest BCUT2D eigenvalue weighted by atomic mass is 10.0. The van der Waals surface area contributed by atoms with Crippen molar-refractivity contribution >= 4 is 5.91 Å². The van der Waals surface area contributed by atoms with Crippen LogP contribution in [0.1, 0.15) is 24.4 Å². The van der Waals surface area contributed by atoms with Gasteiger partial charge < -0.3 is 4.90 Å².